The summed E-state index contributed by atoms with van der Waals surface area (Å²) in [5.74, 6) is 6.60. The summed E-state index contributed by atoms with van der Waals surface area (Å²) in [4.78, 5) is 14.2. The van der Waals surface area contributed by atoms with Gasteiger partial charge in [0.2, 0.25) is 0 Å². The first kappa shape index (κ1) is 18.8. The normalized spacial score (nSPS) is 51.8. The zero-order valence-corrected chi connectivity index (χ0v) is 19.2. The van der Waals surface area contributed by atoms with Crippen LogP contribution in [0.2, 0.25) is 0 Å². The minimum atomic E-state index is -0.242. The van der Waals surface area contributed by atoms with Crippen molar-refractivity contribution in [2.24, 2.45) is 65.1 Å². The number of hydrogen-bond donors (Lipinski definition) is 0. The summed E-state index contributed by atoms with van der Waals surface area (Å²) in [6, 6.07) is 21.1. The molecule has 11 atom stereocenters. The SMILES string of the molecule is O=C(c1ccccc1)C1C2CC3C4C=CC5C(C=C4)C5C3CC3C4OC(c5ccccc5)(C24)C31. The van der Waals surface area contributed by atoms with E-state index in [1.807, 2.05) is 30.3 Å². The lowest BCUT2D eigenvalue weighted by Gasteiger charge is -2.52. The molecule has 8 aliphatic carbocycles. The second kappa shape index (κ2) is 6.21. The van der Waals surface area contributed by atoms with E-state index in [2.05, 4.69) is 54.6 Å². The van der Waals surface area contributed by atoms with E-state index in [1.54, 1.807) is 0 Å². The van der Waals surface area contributed by atoms with Gasteiger partial charge in [-0.3, -0.25) is 4.79 Å². The molecule has 0 spiro atoms. The highest BCUT2D eigenvalue weighted by atomic mass is 16.6. The molecular formula is C32H30O2. The summed E-state index contributed by atoms with van der Waals surface area (Å²) in [5.41, 5.74) is 1.98. The monoisotopic (exact) mass is 446 g/mol. The average Bonchev–Trinajstić information content (AvgIpc) is 3.42. The third kappa shape index (κ3) is 2.04. The molecule has 2 aromatic carbocycles. The molecule has 5 saturated carbocycles. The molecule has 6 fully saturated rings. The molecule has 0 N–H and O–H groups in total. The minimum absolute atomic E-state index is 0.0840. The van der Waals surface area contributed by atoms with Gasteiger partial charge in [0.25, 0.3) is 0 Å². The van der Waals surface area contributed by atoms with Gasteiger partial charge in [-0.15, -0.1) is 0 Å². The van der Waals surface area contributed by atoms with Crippen LogP contribution in [0.5, 0.6) is 0 Å². The molecular weight excluding hydrogens is 416 g/mol. The van der Waals surface area contributed by atoms with Gasteiger partial charge in [0, 0.05) is 23.3 Å². The molecule has 34 heavy (non-hydrogen) atoms. The van der Waals surface area contributed by atoms with Crippen LogP contribution in [0.25, 0.3) is 0 Å². The lowest BCUT2D eigenvalue weighted by molar-refractivity contribution is -0.234. The highest BCUT2D eigenvalue weighted by molar-refractivity contribution is 5.99. The Balaban J connectivity index is 1.20. The first-order valence-corrected chi connectivity index (χ1v) is 13.5. The van der Waals surface area contributed by atoms with E-state index in [1.165, 1.54) is 18.4 Å². The number of allylic oxidation sites excluding steroid dienone is 4. The first-order chi connectivity index (χ1) is 16.8. The second-order valence-corrected chi connectivity index (χ2v) is 12.3. The molecule has 1 saturated heterocycles. The lowest BCUT2D eigenvalue weighted by atomic mass is 9.58. The summed E-state index contributed by atoms with van der Waals surface area (Å²) < 4.78 is 6.94. The molecule has 10 bridgehead atoms. The van der Waals surface area contributed by atoms with Crippen molar-refractivity contribution < 1.29 is 9.53 Å². The number of carbonyl (C=O) groups is 1. The van der Waals surface area contributed by atoms with E-state index in [4.69, 9.17) is 4.74 Å². The third-order valence-electron chi connectivity index (χ3n) is 11.4. The van der Waals surface area contributed by atoms with Crippen LogP contribution in [-0.4, -0.2) is 11.9 Å². The Hall–Kier alpha value is -2.45. The Kier molecular flexibility index (Phi) is 3.44. The zero-order chi connectivity index (χ0) is 22.2. The van der Waals surface area contributed by atoms with Gasteiger partial charge in [-0.25, -0.2) is 0 Å². The maximum Gasteiger partial charge on any atom is 0.166 e. The molecule has 0 amide bonds. The summed E-state index contributed by atoms with van der Waals surface area (Å²) in [7, 11) is 0. The third-order valence-corrected chi connectivity index (χ3v) is 11.4. The highest BCUT2D eigenvalue weighted by Gasteiger charge is 2.82. The molecule has 0 radical (unpaired) electrons. The van der Waals surface area contributed by atoms with Crippen LogP contribution in [0.15, 0.2) is 85.0 Å². The number of benzene rings is 2. The Labute approximate surface area is 201 Å². The van der Waals surface area contributed by atoms with E-state index < -0.39 is 0 Å². The van der Waals surface area contributed by atoms with Crippen molar-refractivity contribution >= 4 is 5.78 Å². The summed E-state index contributed by atoms with van der Waals surface area (Å²) in [5, 5.41) is 0. The van der Waals surface area contributed by atoms with Gasteiger partial charge in [-0.1, -0.05) is 85.0 Å². The van der Waals surface area contributed by atoms with Gasteiger partial charge in [0.1, 0.15) is 5.60 Å². The zero-order valence-electron chi connectivity index (χ0n) is 19.2. The van der Waals surface area contributed by atoms with Crippen molar-refractivity contribution in [2.75, 3.05) is 0 Å². The maximum atomic E-state index is 14.2. The van der Waals surface area contributed by atoms with Gasteiger partial charge in [-0.2, -0.15) is 0 Å². The number of rotatable bonds is 3. The molecule has 0 aromatic heterocycles. The highest BCUT2D eigenvalue weighted by Crippen LogP contribution is 2.79. The van der Waals surface area contributed by atoms with Gasteiger partial charge in [0.05, 0.1) is 6.10 Å². The van der Waals surface area contributed by atoms with Gasteiger partial charge in [-0.05, 0) is 65.7 Å². The molecule has 1 heterocycles. The Morgan fingerprint density at radius 2 is 1.41 bits per heavy atom. The van der Waals surface area contributed by atoms with Crippen molar-refractivity contribution in [3.63, 3.8) is 0 Å². The minimum Gasteiger partial charge on any atom is -0.366 e. The fourth-order valence-corrected chi connectivity index (χ4v) is 10.4. The van der Waals surface area contributed by atoms with Crippen LogP contribution in [0, 0.1) is 65.1 Å². The van der Waals surface area contributed by atoms with Gasteiger partial charge >= 0.3 is 0 Å². The Bertz CT molecular complexity index is 1230. The van der Waals surface area contributed by atoms with Crippen LogP contribution in [0.1, 0.15) is 28.8 Å². The summed E-state index contributed by atoms with van der Waals surface area (Å²) in [6.45, 7) is 0. The number of hydrogen-bond acceptors (Lipinski definition) is 2. The lowest BCUT2D eigenvalue weighted by Crippen LogP contribution is -2.54. The number of ether oxygens (including phenoxy) is 1. The molecule has 2 nitrogen and oxygen atoms in total. The molecule has 9 aliphatic rings. The topological polar surface area (TPSA) is 26.3 Å². The summed E-state index contributed by atoms with van der Waals surface area (Å²) in [6.07, 6.45) is 13.0. The van der Waals surface area contributed by atoms with Crippen LogP contribution >= 0.6 is 0 Å². The fraction of sp³-hybridized carbons (Fsp3) is 0.469. The first-order valence-electron chi connectivity index (χ1n) is 13.5. The maximum absolute atomic E-state index is 14.2. The standard InChI is InChI=1S/C32H30O2/c33-30(18-7-3-1-4-8-18)27-24-15-22-17-11-13-20-21(14-12-17)26(20)23(22)16-25-28(27)32(29(24)31(25)34-32)19-9-5-2-6-10-19/h1-14,17,20-29,31H,15-16H2. The summed E-state index contributed by atoms with van der Waals surface area (Å²) >= 11 is 0. The van der Waals surface area contributed by atoms with Crippen LogP contribution < -0.4 is 0 Å². The smallest absolute Gasteiger partial charge is 0.166 e. The predicted octanol–water partition coefficient (Wildman–Crippen LogP) is 5.92. The van der Waals surface area contributed by atoms with E-state index in [0.717, 1.165) is 29.2 Å². The largest absolute Gasteiger partial charge is 0.366 e. The molecule has 11 unspecified atom stereocenters. The van der Waals surface area contributed by atoms with Crippen molar-refractivity contribution in [2.45, 2.75) is 24.5 Å². The molecule has 11 rings (SSSR count). The quantitative estimate of drug-likeness (QED) is 0.432. The van der Waals surface area contributed by atoms with Crippen molar-refractivity contribution in [3.8, 4) is 0 Å². The predicted molar refractivity (Wildman–Crippen MR) is 130 cm³/mol. The van der Waals surface area contributed by atoms with Gasteiger partial charge in [0.15, 0.2) is 5.78 Å². The number of Topliss-reactive ketones (excluding diaryl/α,β-unsaturated/α-hetero) is 1. The van der Waals surface area contributed by atoms with E-state index in [9.17, 15) is 4.79 Å². The second-order valence-electron chi connectivity index (χ2n) is 12.3. The molecule has 170 valence electrons. The van der Waals surface area contributed by atoms with Crippen LogP contribution in [0.4, 0.5) is 0 Å². The Morgan fingerprint density at radius 1 is 0.735 bits per heavy atom. The van der Waals surface area contributed by atoms with Crippen LogP contribution in [-0.2, 0) is 10.3 Å². The number of ketones is 1. The van der Waals surface area contributed by atoms with E-state index in [-0.39, 0.29) is 11.5 Å². The van der Waals surface area contributed by atoms with Crippen molar-refractivity contribution in [3.05, 3.63) is 96.1 Å². The van der Waals surface area contributed by atoms with E-state index in [0.29, 0.717) is 47.4 Å². The Morgan fingerprint density at radius 3 is 2.15 bits per heavy atom. The molecule has 1 aliphatic heterocycles. The molecule has 2 heteroatoms. The van der Waals surface area contributed by atoms with E-state index >= 15 is 0 Å². The molecule has 2 aromatic rings. The fourth-order valence-electron chi connectivity index (χ4n) is 10.4. The average molecular weight is 447 g/mol. The van der Waals surface area contributed by atoms with Crippen LogP contribution in [0.3, 0.4) is 0 Å². The van der Waals surface area contributed by atoms with Crippen molar-refractivity contribution in [1.29, 1.82) is 0 Å². The number of carbonyl (C=O) groups excluding carboxylic acids is 1. The van der Waals surface area contributed by atoms with Crippen molar-refractivity contribution in [1.82, 2.24) is 0 Å². The van der Waals surface area contributed by atoms with Gasteiger partial charge < -0.3 is 4.74 Å².